The summed E-state index contributed by atoms with van der Waals surface area (Å²) in [7, 11) is 1.62. The predicted octanol–water partition coefficient (Wildman–Crippen LogP) is 7.72. The highest BCUT2D eigenvalue weighted by atomic mass is 32.2. The van der Waals surface area contributed by atoms with Crippen LogP contribution in [0.5, 0.6) is 0 Å². The number of hydrogen-bond donors (Lipinski definition) is 2. The van der Waals surface area contributed by atoms with Crippen molar-refractivity contribution in [3.05, 3.63) is 71.4 Å². The molecule has 1 rings (SSSR count). The van der Waals surface area contributed by atoms with Gasteiger partial charge < -0.3 is 19.7 Å². The van der Waals surface area contributed by atoms with E-state index in [2.05, 4.69) is 36.3 Å². The van der Waals surface area contributed by atoms with Gasteiger partial charge in [0, 0.05) is 37.2 Å². The van der Waals surface area contributed by atoms with Crippen LogP contribution in [0.15, 0.2) is 54.1 Å². The van der Waals surface area contributed by atoms with Gasteiger partial charge in [-0.05, 0) is 77.9 Å². The van der Waals surface area contributed by atoms with Crippen LogP contribution < -0.4 is 5.32 Å². The van der Waals surface area contributed by atoms with Crippen LogP contribution >= 0.6 is 11.8 Å². The summed E-state index contributed by atoms with van der Waals surface area (Å²) in [6, 6.07) is 0. The van der Waals surface area contributed by atoms with Crippen LogP contribution in [0.3, 0.4) is 0 Å². The standard InChI is InChI=1S/C26H36F3N3O4S.C3H6.C2H2/c1-8-20(13-11-12-18(3)26(27,28)29)30-23(33)21-19(4)32(14-9-10-15-36-7)22(31-21)17(2)16-37-25(5,6)24(34)35;1-3-2;1-2/h8,12-13,16H,1,9-11,14-15H2,2-7H3,(H,30,33)(H,34,35);3H,1H2,2H3;1-2H/b17-16+,18-12+,20-13?;;. The molecule has 1 heterocycles. The van der Waals surface area contributed by atoms with Gasteiger partial charge in [-0.25, -0.2) is 4.98 Å². The smallest absolute Gasteiger partial charge is 0.412 e. The highest BCUT2D eigenvalue weighted by Gasteiger charge is 2.29. The lowest BCUT2D eigenvalue weighted by atomic mass is 10.2. The molecule has 1 aromatic heterocycles. The maximum absolute atomic E-state index is 13.1. The summed E-state index contributed by atoms with van der Waals surface area (Å²) in [6.45, 7) is 17.8. The Morgan fingerprint density at radius 3 is 2.21 bits per heavy atom. The molecule has 0 saturated carbocycles. The molecule has 0 aliphatic carbocycles. The van der Waals surface area contributed by atoms with Crippen molar-refractivity contribution in [1.82, 2.24) is 14.9 Å². The summed E-state index contributed by atoms with van der Waals surface area (Å²) < 4.78 is 44.1. The molecule has 0 bridgehead atoms. The summed E-state index contributed by atoms with van der Waals surface area (Å²) in [5, 5.41) is 13.8. The molecule has 0 saturated heterocycles. The Morgan fingerprint density at radius 1 is 1.17 bits per heavy atom. The number of nitrogens with one attached hydrogen (secondary N) is 1. The number of carboxylic acids is 1. The van der Waals surface area contributed by atoms with Crippen molar-refractivity contribution in [3.8, 4) is 12.8 Å². The van der Waals surface area contributed by atoms with Crippen LogP contribution in [-0.2, 0) is 16.1 Å². The lowest BCUT2D eigenvalue weighted by molar-refractivity contribution is -0.138. The van der Waals surface area contributed by atoms with Crippen LogP contribution in [0.1, 0.15) is 75.9 Å². The van der Waals surface area contributed by atoms with Crippen LogP contribution in [0, 0.1) is 19.8 Å². The Labute approximate surface area is 252 Å². The number of imidazole rings is 1. The number of thioether (sulfide) groups is 1. The molecule has 1 amide bonds. The van der Waals surface area contributed by atoms with Gasteiger partial charge in [0.2, 0.25) is 0 Å². The Morgan fingerprint density at radius 2 is 1.74 bits per heavy atom. The maximum Gasteiger partial charge on any atom is 0.412 e. The van der Waals surface area contributed by atoms with Crippen LogP contribution in [0.25, 0.3) is 5.57 Å². The minimum atomic E-state index is -4.40. The van der Waals surface area contributed by atoms with Gasteiger partial charge in [-0.2, -0.15) is 13.2 Å². The first-order chi connectivity index (χ1) is 19.6. The average Bonchev–Trinajstić information content (AvgIpc) is 3.26. The number of rotatable bonds is 14. The molecule has 7 nitrogen and oxygen atoms in total. The third-order valence-corrected chi connectivity index (χ3v) is 6.74. The van der Waals surface area contributed by atoms with Crippen molar-refractivity contribution in [2.75, 3.05) is 13.7 Å². The lowest BCUT2D eigenvalue weighted by Crippen LogP contribution is -2.26. The maximum atomic E-state index is 13.1. The zero-order chi connectivity index (χ0) is 33.1. The second-order valence-electron chi connectivity index (χ2n) is 9.30. The quantitative estimate of drug-likeness (QED) is 0.0969. The molecule has 11 heteroatoms. The Balaban J connectivity index is 0. The van der Waals surface area contributed by atoms with E-state index in [0.29, 0.717) is 30.2 Å². The molecule has 2 N–H and O–H groups in total. The topological polar surface area (TPSA) is 93.5 Å². The van der Waals surface area contributed by atoms with Gasteiger partial charge in [-0.1, -0.05) is 24.8 Å². The number of nitrogens with zero attached hydrogens (tertiary/aromatic N) is 2. The summed E-state index contributed by atoms with van der Waals surface area (Å²) in [5.41, 5.74) is 0.999. The number of hydrogen-bond acceptors (Lipinski definition) is 5. The number of aromatic nitrogens is 2. The van der Waals surface area contributed by atoms with Gasteiger partial charge in [-0.15, -0.1) is 31.2 Å². The molecule has 234 valence electrons. The van der Waals surface area contributed by atoms with Gasteiger partial charge in [0.25, 0.3) is 5.91 Å². The molecule has 0 fully saturated rings. The first-order valence-corrected chi connectivity index (χ1v) is 13.9. The fourth-order valence-electron chi connectivity index (χ4n) is 3.03. The minimum absolute atomic E-state index is 0.0381. The van der Waals surface area contributed by atoms with Crippen LogP contribution in [-0.4, -0.2) is 51.2 Å². The Bertz CT molecular complexity index is 1160. The summed E-state index contributed by atoms with van der Waals surface area (Å²) >= 11 is 1.14. The van der Waals surface area contributed by atoms with E-state index in [1.54, 1.807) is 46.3 Å². The summed E-state index contributed by atoms with van der Waals surface area (Å²) in [6.07, 6.45) is 10.7. The summed E-state index contributed by atoms with van der Waals surface area (Å²) in [5.74, 6) is -0.949. The first-order valence-electron chi connectivity index (χ1n) is 13.0. The third-order valence-electron chi connectivity index (χ3n) is 5.50. The fraction of sp³-hybridized carbons (Fsp3) is 0.452. The van der Waals surface area contributed by atoms with E-state index in [1.807, 2.05) is 11.5 Å². The number of carbonyl (C=O) groups is 2. The van der Waals surface area contributed by atoms with E-state index in [-0.39, 0.29) is 17.8 Å². The van der Waals surface area contributed by atoms with Crippen LogP contribution in [0.4, 0.5) is 13.2 Å². The zero-order valence-electron chi connectivity index (χ0n) is 25.6. The van der Waals surface area contributed by atoms with Gasteiger partial charge in [-0.3, -0.25) is 9.59 Å². The normalized spacial score (nSPS) is 12.3. The van der Waals surface area contributed by atoms with E-state index in [4.69, 9.17) is 4.74 Å². The number of aliphatic carboxylic acids is 1. The largest absolute Gasteiger partial charge is 0.480 e. The molecule has 0 unspecified atom stereocenters. The number of methoxy groups -OCH3 is 1. The third kappa shape index (κ3) is 14.4. The lowest BCUT2D eigenvalue weighted by Gasteiger charge is -2.16. The van der Waals surface area contributed by atoms with Crippen molar-refractivity contribution in [1.29, 1.82) is 0 Å². The van der Waals surface area contributed by atoms with Crippen molar-refractivity contribution >= 4 is 29.2 Å². The number of carboxylic acid groups (broad SMARTS) is 1. The van der Waals surface area contributed by atoms with E-state index in [1.165, 1.54) is 12.2 Å². The first kappa shape index (κ1) is 40.6. The fourth-order valence-corrected chi connectivity index (χ4v) is 3.71. The molecule has 0 aromatic carbocycles. The van der Waals surface area contributed by atoms with Gasteiger partial charge >= 0.3 is 12.1 Å². The number of halogens is 3. The number of terminal acetylenes is 1. The number of carbonyl (C=O) groups excluding carboxylic acids is 1. The number of amides is 1. The molecule has 0 radical (unpaired) electrons. The van der Waals surface area contributed by atoms with Crippen molar-refractivity contribution in [2.24, 2.45) is 0 Å². The average molecular weight is 612 g/mol. The van der Waals surface area contributed by atoms with Crippen molar-refractivity contribution in [2.45, 2.75) is 78.3 Å². The Kier molecular flexibility index (Phi) is 19.7. The van der Waals surface area contributed by atoms with E-state index >= 15 is 0 Å². The summed E-state index contributed by atoms with van der Waals surface area (Å²) in [4.78, 5) is 29.1. The number of unbranched alkanes of at least 4 members (excludes halogenated alkanes) is 1. The van der Waals surface area contributed by atoms with Gasteiger partial charge in [0.1, 0.15) is 16.3 Å². The number of allylic oxidation sites excluding steroid dienone is 6. The molecule has 0 atom stereocenters. The van der Waals surface area contributed by atoms with Crippen LogP contribution in [0.2, 0.25) is 0 Å². The molecule has 0 aliphatic heterocycles. The van der Waals surface area contributed by atoms with Crippen molar-refractivity contribution < 1.29 is 32.6 Å². The van der Waals surface area contributed by atoms with Crippen molar-refractivity contribution in [3.63, 3.8) is 0 Å². The zero-order valence-corrected chi connectivity index (χ0v) is 26.4. The molecular formula is C31H44F3N3O4S. The molecule has 0 spiro atoms. The predicted molar refractivity (Wildman–Crippen MR) is 167 cm³/mol. The highest BCUT2D eigenvalue weighted by Crippen LogP contribution is 2.30. The number of alkyl halides is 3. The van der Waals surface area contributed by atoms with E-state index in [9.17, 15) is 27.9 Å². The Hall–Kier alpha value is -3.49. The second kappa shape index (κ2) is 20.4. The minimum Gasteiger partial charge on any atom is -0.480 e. The molecule has 1 aromatic rings. The molecule has 42 heavy (non-hydrogen) atoms. The molecular weight excluding hydrogens is 567 g/mol. The van der Waals surface area contributed by atoms with Gasteiger partial charge in [0.05, 0.1) is 0 Å². The second-order valence-corrected chi connectivity index (χ2v) is 10.8. The highest BCUT2D eigenvalue weighted by molar-refractivity contribution is 8.04. The van der Waals surface area contributed by atoms with E-state index < -0.39 is 28.4 Å². The monoisotopic (exact) mass is 611 g/mol. The number of ether oxygens (including phenoxy) is 1. The van der Waals surface area contributed by atoms with Gasteiger partial charge in [0.15, 0.2) is 0 Å². The van der Waals surface area contributed by atoms with E-state index in [0.717, 1.165) is 37.6 Å². The SMILES string of the molecule is C#C.C=CC.C=CC(=CC/C=C(\C)C(F)(F)F)NC(=O)c1nc(/C(C)=C/SC(C)(C)C(=O)O)n(CCCCOC)c1C. The molecule has 0 aliphatic rings.